The van der Waals surface area contributed by atoms with Crippen LogP contribution >= 0.6 is 0 Å². The summed E-state index contributed by atoms with van der Waals surface area (Å²) in [5.41, 5.74) is 0. The van der Waals surface area contributed by atoms with Gasteiger partial charge in [0.25, 0.3) is 0 Å². The molecule has 0 spiro atoms. The first kappa shape index (κ1) is 9.60. The molecule has 3 atom stereocenters. The molecule has 2 saturated heterocycles. The standard InChI is InChI=1S/C11H17NO3/c13-11(14)10-8-5-12(6-9(8)10)4-7-2-1-3-15-7/h7-10H,1-6H2,(H,13,14). The predicted molar refractivity (Wildman–Crippen MR) is 53.5 cm³/mol. The van der Waals surface area contributed by atoms with Crippen LogP contribution in [-0.4, -0.2) is 48.3 Å². The van der Waals surface area contributed by atoms with Crippen LogP contribution in [0.4, 0.5) is 0 Å². The van der Waals surface area contributed by atoms with Gasteiger partial charge in [-0.2, -0.15) is 0 Å². The summed E-state index contributed by atoms with van der Waals surface area (Å²) in [6.45, 7) is 3.87. The normalized spacial score (nSPS) is 44.3. The first-order chi connectivity index (χ1) is 7.25. The third-order valence-electron chi connectivity index (χ3n) is 4.04. The average Bonchev–Trinajstić information content (AvgIpc) is 2.63. The van der Waals surface area contributed by atoms with Crippen molar-refractivity contribution >= 4 is 5.97 Å². The molecule has 3 rings (SSSR count). The number of piperidine rings is 1. The fourth-order valence-electron chi connectivity index (χ4n) is 3.21. The number of rotatable bonds is 3. The van der Waals surface area contributed by atoms with Gasteiger partial charge in [-0.3, -0.25) is 4.79 Å². The fourth-order valence-corrected chi connectivity index (χ4v) is 3.21. The number of ether oxygens (including phenoxy) is 1. The van der Waals surface area contributed by atoms with E-state index in [-0.39, 0.29) is 5.92 Å². The van der Waals surface area contributed by atoms with E-state index in [1.807, 2.05) is 0 Å². The van der Waals surface area contributed by atoms with Crippen LogP contribution in [0, 0.1) is 17.8 Å². The van der Waals surface area contributed by atoms with E-state index in [4.69, 9.17) is 9.84 Å². The summed E-state index contributed by atoms with van der Waals surface area (Å²) < 4.78 is 5.58. The molecule has 1 aliphatic carbocycles. The largest absolute Gasteiger partial charge is 0.481 e. The van der Waals surface area contributed by atoms with Gasteiger partial charge in [-0.1, -0.05) is 0 Å². The van der Waals surface area contributed by atoms with Gasteiger partial charge < -0.3 is 14.7 Å². The molecule has 2 aliphatic heterocycles. The fraction of sp³-hybridized carbons (Fsp3) is 0.909. The second kappa shape index (κ2) is 3.46. The molecular formula is C11H17NO3. The zero-order chi connectivity index (χ0) is 10.4. The van der Waals surface area contributed by atoms with Crippen LogP contribution in [0.15, 0.2) is 0 Å². The number of carbonyl (C=O) groups is 1. The summed E-state index contributed by atoms with van der Waals surface area (Å²) >= 11 is 0. The maximum atomic E-state index is 10.8. The molecule has 0 radical (unpaired) electrons. The van der Waals surface area contributed by atoms with Crippen LogP contribution in [0.3, 0.4) is 0 Å². The lowest BCUT2D eigenvalue weighted by Gasteiger charge is -2.21. The van der Waals surface area contributed by atoms with Crippen molar-refractivity contribution < 1.29 is 14.6 Å². The van der Waals surface area contributed by atoms with Gasteiger partial charge >= 0.3 is 5.97 Å². The SMILES string of the molecule is O=C(O)C1C2CN(CC3CCCO3)CC21. The quantitative estimate of drug-likeness (QED) is 0.735. The summed E-state index contributed by atoms with van der Waals surface area (Å²) in [5.74, 6) is 0.236. The smallest absolute Gasteiger partial charge is 0.307 e. The van der Waals surface area contributed by atoms with Gasteiger partial charge in [0.15, 0.2) is 0 Å². The highest BCUT2D eigenvalue weighted by Gasteiger charge is 2.59. The molecule has 1 saturated carbocycles. The van der Waals surface area contributed by atoms with E-state index in [1.165, 1.54) is 12.8 Å². The van der Waals surface area contributed by atoms with E-state index in [0.717, 1.165) is 26.2 Å². The lowest BCUT2D eigenvalue weighted by Crippen LogP contribution is -2.33. The minimum atomic E-state index is -0.596. The maximum Gasteiger partial charge on any atom is 0.307 e. The molecular weight excluding hydrogens is 194 g/mol. The topological polar surface area (TPSA) is 49.8 Å². The Kier molecular flexibility index (Phi) is 2.21. The Morgan fingerprint density at radius 2 is 2.13 bits per heavy atom. The van der Waals surface area contributed by atoms with Crippen LogP contribution < -0.4 is 0 Å². The van der Waals surface area contributed by atoms with Crippen LogP contribution in [0.2, 0.25) is 0 Å². The van der Waals surface area contributed by atoms with E-state index < -0.39 is 5.97 Å². The zero-order valence-electron chi connectivity index (χ0n) is 8.76. The van der Waals surface area contributed by atoms with Gasteiger partial charge in [0.1, 0.15) is 0 Å². The van der Waals surface area contributed by atoms with Crippen molar-refractivity contribution in [1.29, 1.82) is 0 Å². The van der Waals surface area contributed by atoms with Crippen molar-refractivity contribution in [3.8, 4) is 0 Å². The molecule has 0 aromatic heterocycles. The van der Waals surface area contributed by atoms with Crippen molar-refractivity contribution in [2.45, 2.75) is 18.9 Å². The third kappa shape index (κ3) is 1.66. The van der Waals surface area contributed by atoms with Crippen LogP contribution in [0.25, 0.3) is 0 Å². The van der Waals surface area contributed by atoms with E-state index in [1.54, 1.807) is 0 Å². The zero-order valence-corrected chi connectivity index (χ0v) is 8.76. The van der Waals surface area contributed by atoms with E-state index >= 15 is 0 Å². The van der Waals surface area contributed by atoms with Crippen LogP contribution in [0.1, 0.15) is 12.8 Å². The number of aliphatic carboxylic acids is 1. The Morgan fingerprint density at radius 1 is 1.40 bits per heavy atom. The Balaban J connectivity index is 1.47. The highest BCUT2D eigenvalue weighted by Crippen LogP contribution is 2.51. The van der Waals surface area contributed by atoms with Gasteiger partial charge in [0, 0.05) is 26.2 Å². The number of nitrogens with zero attached hydrogens (tertiary/aromatic N) is 1. The molecule has 15 heavy (non-hydrogen) atoms. The van der Waals surface area contributed by atoms with Crippen molar-refractivity contribution in [2.75, 3.05) is 26.2 Å². The molecule has 0 aromatic carbocycles. The maximum absolute atomic E-state index is 10.8. The molecule has 4 nitrogen and oxygen atoms in total. The van der Waals surface area contributed by atoms with Gasteiger partial charge in [0.05, 0.1) is 12.0 Å². The van der Waals surface area contributed by atoms with Crippen molar-refractivity contribution in [3.05, 3.63) is 0 Å². The van der Waals surface area contributed by atoms with E-state index in [2.05, 4.69) is 4.90 Å². The number of fused-ring (bicyclic) bond motifs is 1. The summed E-state index contributed by atoms with van der Waals surface area (Å²) in [7, 11) is 0. The predicted octanol–water partition coefficient (Wildman–Crippen LogP) is 0.428. The van der Waals surface area contributed by atoms with Crippen molar-refractivity contribution in [1.82, 2.24) is 4.90 Å². The lowest BCUT2D eigenvalue weighted by molar-refractivity contribution is -0.139. The van der Waals surface area contributed by atoms with E-state index in [0.29, 0.717) is 17.9 Å². The summed E-state index contributed by atoms with van der Waals surface area (Å²) in [6, 6.07) is 0. The number of carboxylic acids is 1. The molecule has 0 bridgehead atoms. The monoisotopic (exact) mass is 211 g/mol. The summed E-state index contributed by atoms with van der Waals surface area (Å²) in [6.07, 6.45) is 2.77. The third-order valence-corrected chi connectivity index (χ3v) is 4.04. The molecule has 84 valence electrons. The van der Waals surface area contributed by atoms with Crippen molar-refractivity contribution in [3.63, 3.8) is 0 Å². The van der Waals surface area contributed by atoms with Crippen molar-refractivity contribution in [2.24, 2.45) is 17.8 Å². The average molecular weight is 211 g/mol. The van der Waals surface area contributed by atoms with Crippen LogP contribution in [0.5, 0.6) is 0 Å². The minimum absolute atomic E-state index is 0.0363. The van der Waals surface area contributed by atoms with E-state index in [9.17, 15) is 4.79 Å². The second-order valence-corrected chi connectivity index (χ2v) is 5.05. The van der Waals surface area contributed by atoms with Gasteiger partial charge in [-0.05, 0) is 24.7 Å². The Labute approximate surface area is 89.2 Å². The molecule has 0 aromatic rings. The van der Waals surface area contributed by atoms with Gasteiger partial charge in [0.2, 0.25) is 0 Å². The molecule has 3 unspecified atom stereocenters. The second-order valence-electron chi connectivity index (χ2n) is 5.05. The number of hydrogen-bond acceptors (Lipinski definition) is 3. The molecule has 3 aliphatic rings. The molecule has 4 heteroatoms. The number of likely N-dealkylation sites (tertiary alicyclic amines) is 1. The number of carboxylic acid groups (broad SMARTS) is 1. The highest BCUT2D eigenvalue weighted by molar-refractivity contribution is 5.74. The summed E-state index contributed by atoms with van der Waals surface area (Å²) in [5, 5.41) is 8.89. The van der Waals surface area contributed by atoms with Crippen LogP contribution in [-0.2, 0) is 9.53 Å². The molecule has 1 N–H and O–H groups in total. The molecule has 0 amide bonds. The Morgan fingerprint density at radius 3 is 2.67 bits per heavy atom. The minimum Gasteiger partial charge on any atom is -0.481 e. The first-order valence-corrected chi connectivity index (χ1v) is 5.82. The lowest BCUT2D eigenvalue weighted by atomic mass is 10.2. The summed E-state index contributed by atoms with van der Waals surface area (Å²) in [4.78, 5) is 13.2. The highest BCUT2D eigenvalue weighted by atomic mass is 16.5. The first-order valence-electron chi connectivity index (χ1n) is 5.82. The molecule has 2 heterocycles. The molecule has 3 fully saturated rings. The number of hydrogen-bond donors (Lipinski definition) is 1. The Bertz CT molecular complexity index is 263. The van der Waals surface area contributed by atoms with Gasteiger partial charge in [-0.15, -0.1) is 0 Å². The Hall–Kier alpha value is -0.610. The van der Waals surface area contributed by atoms with Gasteiger partial charge in [-0.25, -0.2) is 0 Å².